The summed E-state index contributed by atoms with van der Waals surface area (Å²) in [5, 5.41) is 0. The highest BCUT2D eigenvalue weighted by Gasteiger charge is 2.38. The molecule has 0 spiro atoms. The minimum Gasteiger partial charge on any atom is -0.335 e. The van der Waals surface area contributed by atoms with Crippen molar-refractivity contribution in [1.29, 1.82) is 0 Å². The summed E-state index contributed by atoms with van der Waals surface area (Å²) in [7, 11) is 0. The van der Waals surface area contributed by atoms with Crippen LogP contribution in [0.15, 0.2) is 30.7 Å². The van der Waals surface area contributed by atoms with Crippen molar-refractivity contribution in [1.82, 2.24) is 14.5 Å². The second-order valence-corrected chi connectivity index (χ2v) is 7.18. The third-order valence-corrected chi connectivity index (χ3v) is 5.52. The first-order valence-corrected chi connectivity index (χ1v) is 9.25. The van der Waals surface area contributed by atoms with Gasteiger partial charge in [0.2, 0.25) is 11.8 Å². The lowest BCUT2D eigenvalue weighted by Crippen LogP contribution is -2.42. The Balaban J connectivity index is 1.53. The van der Waals surface area contributed by atoms with Gasteiger partial charge in [0.05, 0.1) is 24.5 Å². The lowest BCUT2D eigenvalue weighted by Gasteiger charge is -2.30. The molecule has 1 atom stereocenters. The van der Waals surface area contributed by atoms with Gasteiger partial charge in [-0.25, -0.2) is 4.98 Å². The number of hydrogen-bond donors (Lipinski definition) is 0. The van der Waals surface area contributed by atoms with Gasteiger partial charge in [-0.3, -0.25) is 9.59 Å². The molecule has 0 aliphatic carbocycles. The average molecular weight is 352 g/mol. The minimum absolute atomic E-state index is 0.0504. The zero-order valence-electron chi connectivity index (χ0n) is 15.3. The maximum atomic E-state index is 13.0. The van der Waals surface area contributed by atoms with Gasteiger partial charge in [-0.15, -0.1) is 0 Å². The van der Waals surface area contributed by atoms with E-state index in [4.69, 9.17) is 0 Å². The van der Waals surface area contributed by atoms with Crippen molar-refractivity contribution in [3.05, 3.63) is 47.5 Å². The van der Waals surface area contributed by atoms with E-state index < -0.39 is 0 Å². The molecule has 6 nitrogen and oxygen atoms in total. The topological polar surface area (TPSA) is 58.4 Å². The summed E-state index contributed by atoms with van der Waals surface area (Å²) in [4.78, 5) is 33.5. The van der Waals surface area contributed by atoms with E-state index in [2.05, 4.69) is 22.5 Å². The van der Waals surface area contributed by atoms with E-state index in [0.29, 0.717) is 26.1 Å². The van der Waals surface area contributed by atoms with Crippen LogP contribution in [0.2, 0.25) is 0 Å². The first kappa shape index (κ1) is 16.8. The fraction of sp³-hybridized carbons (Fsp3) is 0.450. The van der Waals surface area contributed by atoms with Gasteiger partial charge in [0.15, 0.2) is 0 Å². The Morgan fingerprint density at radius 1 is 1.31 bits per heavy atom. The Labute approximate surface area is 153 Å². The molecule has 0 saturated carbocycles. The molecular formula is C20H24N4O2. The van der Waals surface area contributed by atoms with E-state index in [9.17, 15) is 9.59 Å². The Kier molecular flexibility index (Phi) is 4.26. The van der Waals surface area contributed by atoms with Crippen LogP contribution >= 0.6 is 0 Å². The number of carbonyl (C=O) groups is 2. The zero-order valence-corrected chi connectivity index (χ0v) is 15.3. The summed E-state index contributed by atoms with van der Waals surface area (Å²) in [6, 6.07) is 6.12. The van der Waals surface area contributed by atoms with E-state index in [1.807, 2.05) is 41.4 Å². The summed E-state index contributed by atoms with van der Waals surface area (Å²) in [6.07, 6.45) is 4.79. The Morgan fingerprint density at radius 3 is 2.96 bits per heavy atom. The second kappa shape index (κ2) is 6.59. The molecule has 26 heavy (non-hydrogen) atoms. The summed E-state index contributed by atoms with van der Waals surface area (Å²) < 4.78 is 2.08. The number of carbonyl (C=O) groups excluding carboxylic acids is 2. The SMILES string of the molecule is CCc1cccc(C)c1N1CC(C(=O)N2CCn3cncc3C2)CC1=O. The number of hydrogen-bond acceptors (Lipinski definition) is 3. The first-order valence-electron chi connectivity index (χ1n) is 9.25. The van der Waals surface area contributed by atoms with Gasteiger partial charge in [-0.05, 0) is 24.5 Å². The van der Waals surface area contributed by atoms with Crippen LogP contribution < -0.4 is 4.90 Å². The molecule has 3 heterocycles. The molecule has 2 amide bonds. The first-order chi connectivity index (χ1) is 12.6. The van der Waals surface area contributed by atoms with Crippen LogP contribution in [0.5, 0.6) is 0 Å². The van der Waals surface area contributed by atoms with E-state index >= 15 is 0 Å². The van der Waals surface area contributed by atoms with E-state index in [0.717, 1.165) is 35.5 Å². The Morgan fingerprint density at radius 2 is 2.15 bits per heavy atom. The predicted molar refractivity (Wildman–Crippen MR) is 98.7 cm³/mol. The monoisotopic (exact) mass is 352 g/mol. The van der Waals surface area contributed by atoms with Crippen molar-refractivity contribution in [3.63, 3.8) is 0 Å². The van der Waals surface area contributed by atoms with Gasteiger partial charge in [0, 0.05) is 37.9 Å². The van der Waals surface area contributed by atoms with Gasteiger partial charge in [0.25, 0.3) is 0 Å². The maximum absolute atomic E-state index is 13.0. The number of imidazole rings is 1. The van der Waals surface area contributed by atoms with Crippen LogP contribution in [0.3, 0.4) is 0 Å². The van der Waals surface area contributed by atoms with Crippen LogP contribution in [0, 0.1) is 12.8 Å². The van der Waals surface area contributed by atoms with E-state index in [1.165, 1.54) is 0 Å². The van der Waals surface area contributed by atoms with E-state index in [1.54, 1.807) is 0 Å². The summed E-state index contributed by atoms with van der Waals surface area (Å²) in [6.45, 7) is 6.63. The molecule has 1 aromatic heterocycles. The molecule has 2 aromatic rings. The number of benzene rings is 1. The number of fused-ring (bicyclic) bond motifs is 1. The van der Waals surface area contributed by atoms with Crippen LogP contribution in [-0.2, 0) is 29.1 Å². The van der Waals surface area contributed by atoms with Crippen molar-refractivity contribution in [3.8, 4) is 0 Å². The molecular weight excluding hydrogens is 328 g/mol. The molecule has 4 rings (SSSR count). The maximum Gasteiger partial charge on any atom is 0.228 e. The number of amides is 2. The van der Waals surface area contributed by atoms with Crippen LogP contribution in [0.4, 0.5) is 5.69 Å². The van der Waals surface area contributed by atoms with Gasteiger partial charge >= 0.3 is 0 Å². The number of rotatable bonds is 3. The molecule has 0 N–H and O–H groups in total. The van der Waals surface area contributed by atoms with Crippen molar-refractivity contribution in [2.45, 2.75) is 39.8 Å². The van der Waals surface area contributed by atoms with E-state index in [-0.39, 0.29) is 17.7 Å². The van der Waals surface area contributed by atoms with Gasteiger partial charge in [0.1, 0.15) is 0 Å². The number of aromatic nitrogens is 2. The highest BCUT2D eigenvalue weighted by Crippen LogP contribution is 2.32. The summed E-state index contributed by atoms with van der Waals surface area (Å²) in [5.41, 5.74) is 4.30. The number of para-hydroxylation sites is 1. The molecule has 2 aliphatic heterocycles. The molecule has 1 aromatic carbocycles. The van der Waals surface area contributed by atoms with Crippen molar-refractivity contribution in [2.75, 3.05) is 18.0 Å². The lowest BCUT2D eigenvalue weighted by molar-refractivity contribution is -0.137. The minimum atomic E-state index is -0.263. The van der Waals surface area contributed by atoms with Gasteiger partial charge < -0.3 is 14.4 Å². The number of nitrogens with zero attached hydrogens (tertiary/aromatic N) is 4. The third-order valence-electron chi connectivity index (χ3n) is 5.52. The lowest BCUT2D eigenvalue weighted by atomic mass is 10.0. The van der Waals surface area contributed by atoms with Crippen LogP contribution in [0.1, 0.15) is 30.2 Å². The second-order valence-electron chi connectivity index (χ2n) is 7.18. The fourth-order valence-corrected chi connectivity index (χ4v) is 4.11. The largest absolute Gasteiger partial charge is 0.335 e. The molecule has 1 unspecified atom stereocenters. The van der Waals surface area contributed by atoms with Gasteiger partial charge in [-0.2, -0.15) is 0 Å². The third kappa shape index (κ3) is 2.79. The molecule has 1 fully saturated rings. The highest BCUT2D eigenvalue weighted by molar-refractivity contribution is 6.01. The van der Waals surface area contributed by atoms with Crippen LogP contribution in [-0.4, -0.2) is 39.4 Å². The molecule has 0 radical (unpaired) electrons. The summed E-state index contributed by atoms with van der Waals surface area (Å²) >= 11 is 0. The predicted octanol–water partition coefficient (Wildman–Crippen LogP) is 2.15. The molecule has 2 aliphatic rings. The molecule has 1 saturated heterocycles. The van der Waals surface area contributed by atoms with Crippen molar-refractivity contribution >= 4 is 17.5 Å². The number of aryl methyl sites for hydroxylation is 2. The summed E-state index contributed by atoms with van der Waals surface area (Å²) in [5.74, 6) is -0.129. The normalized spacial score (nSPS) is 19.8. The highest BCUT2D eigenvalue weighted by atomic mass is 16.2. The fourth-order valence-electron chi connectivity index (χ4n) is 4.11. The smallest absolute Gasteiger partial charge is 0.228 e. The van der Waals surface area contributed by atoms with Crippen molar-refractivity contribution < 1.29 is 9.59 Å². The molecule has 6 heteroatoms. The average Bonchev–Trinajstić information content (AvgIpc) is 3.26. The van der Waals surface area contributed by atoms with Crippen molar-refractivity contribution in [2.24, 2.45) is 5.92 Å². The van der Waals surface area contributed by atoms with Crippen LogP contribution in [0.25, 0.3) is 0 Å². The number of anilines is 1. The molecule has 0 bridgehead atoms. The Bertz CT molecular complexity index is 857. The van der Waals surface area contributed by atoms with Gasteiger partial charge in [-0.1, -0.05) is 25.1 Å². The standard InChI is InChI=1S/C20H24N4O2/c1-3-15-6-4-5-14(2)19(15)24-11-16(9-18(24)25)20(26)22-7-8-23-13-21-10-17(23)12-22/h4-6,10,13,16H,3,7-9,11-12H2,1-2H3. The zero-order chi connectivity index (χ0) is 18.3. The molecule has 136 valence electrons. The quantitative estimate of drug-likeness (QED) is 0.850. The Hall–Kier alpha value is -2.63.